The second-order valence-corrected chi connectivity index (χ2v) is 7.90. The largest absolute Gasteiger partial charge is 0.479 e. The Morgan fingerprint density at radius 3 is 2.82 bits per heavy atom. The molecule has 11 nitrogen and oxygen atoms in total. The lowest BCUT2D eigenvalue weighted by Gasteiger charge is -2.16. The van der Waals surface area contributed by atoms with Crippen LogP contribution in [0.25, 0.3) is 22.6 Å². The van der Waals surface area contributed by atoms with Gasteiger partial charge in [0, 0.05) is 44.5 Å². The second-order valence-electron chi connectivity index (χ2n) is 7.90. The molecule has 0 spiro atoms. The molecule has 4 aromatic heterocycles. The average Bonchev–Trinajstić information content (AvgIpc) is 3.57. The van der Waals surface area contributed by atoms with E-state index in [0.717, 1.165) is 0 Å². The van der Waals surface area contributed by atoms with Crippen molar-refractivity contribution in [3.8, 4) is 23.1 Å². The number of aryl methyl sites for hydroxylation is 2. The highest BCUT2D eigenvalue weighted by molar-refractivity contribution is 5.92. The highest BCUT2D eigenvalue weighted by Gasteiger charge is 2.30. The summed E-state index contributed by atoms with van der Waals surface area (Å²) in [5, 5.41) is 4.18. The van der Waals surface area contributed by atoms with Crippen LogP contribution in [-0.4, -0.2) is 71.4 Å². The second kappa shape index (κ2) is 8.69. The van der Waals surface area contributed by atoms with Crippen molar-refractivity contribution in [1.29, 1.82) is 0 Å². The molecule has 1 amide bonds. The van der Waals surface area contributed by atoms with E-state index in [9.17, 15) is 9.18 Å². The SMILES string of the molecule is CCn1c(-c2cnc(OC)c(F)c2)nc2c(O[C@H]3CCN(C(=O)c4ccn(C)n4)C3)ncnc21. The minimum Gasteiger partial charge on any atom is -0.479 e. The van der Waals surface area contributed by atoms with E-state index in [1.165, 1.54) is 25.7 Å². The number of methoxy groups -OCH3 is 1. The van der Waals surface area contributed by atoms with Gasteiger partial charge in [-0.1, -0.05) is 0 Å². The Balaban J connectivity index is 1.41. The molecule has 0 aliphatic carbocycles. The molecular formula is C22H23FN8O3. The predicted octanol–water partition coefficient (Wildman–Crippen LogP) is 2.08. The lowest BCUT2D eigenvalue weighted by molar-refractivity contribution is 0.0765. The number of nitrogens with zero attached hydrogens (tertiary/aromatic N) is 8. The number of imidazole rings is 1. The minimum atomic E-state index is -0.583. The Labute approximate surface area is 194 Å². The van der Waals surface area contributed by atoms with Crippen LogP contribution in [0.5, 0.6) is 11.8 Å². The van der Waals surface area contributed by atoms with Gasteiger partial charge in [0.15, 0.2) is 17.0 Å². The highest BCUT2D eigenvalue weighted by atomic mass is 19.1. The van der Waals surface area contributed by atoms with Crippen molar-refractivity contribution in [2.24, 2.45) is 7.05 Å². The third-order valence-electron chi connectivity index (χ3n) is 5.72. The molecule has 0 bridgehead atoms. The summed E-state index contributed by atoms with van der Waals surface area (Å²) in [4.78, 5) is 31.8. The van der Waals surface area contributed by atoms with E-state index in [1.54, 1.807) is 28.9 Å². The molecule has 0 aromatic carbocycles. The molecule has 1 saturated heterocycles. The molecule has 34 heavy (non-hydrogen) atoms. The molecule has 5 rings (SSSR count). The highest BCUT2D eigenvalue weighted by Crippen LogP contribution is 2.30. The Bertz CT molecular complexity index is 1370. The number of fused-ring (bicyclic) bond motifs is 1. The van der Waals surface area contributed by atoms with Crippen LogP contribution >= 0.6 is 0 Å². The maximum atomic E-state index is 14.3. The van der Waals surface area contributed by atoms with Gasteiger partial charge < -0.3 is 18.9 Å². The Morgan fingerprint density at radius 1 is 1.26 bits per heavy atom. The van der Waals surface area contributed by atoms with Crippen LogP contribution in [0.3, 0.4) is 0 Å². The van der Waals surface area contributed by atoms with Crippen LogP contribution < -0.4 is 9.47 Å². The van der Waals surface area contributed by atoms with Gasteiger partial charge in [0.1, 0.15) is 23.9 Å². The van der Waals surface area contributed by atoms with Crippen LogP contribution in [0.4, 0.5) is 4.39 Å². The van der Waals surface area contributed by atoms with Crippen molar-refractivity contribution >= 4 is 17.1 Å². The summed E-state index contributed by atoms with van der Waals surface area (Å²) in [6.07, 6.45) is 5.05. The number of hydrogen-bond donors (Lipinski definition) is 0. The van der Waals surface area contributed by atoms with Crippen LogP contribution in [0.15, 0.2) is 30.9 Å². The minimum absolute atomic E-state index is 0.0854. The van der Waals surface area contributed by atoms with E-state index in [2.05, 4.69) is 25.0 Å². The van der Waals surface area contributed by atoms with Gasteiger partial charge in [0.05, 0.1) is 13.7 Å². The number of carbonyl (C=O) groups excluding carboxylic acids is 1. The molecule has 1 atom stereocenters. The zero-order chi connectivity index (χ0) is 23.8. The number of ether oxygens (including phenoxy) is 2. The predicted molar refractivity (Wildman–Crippen MR) is 119 cm³/mol. The van der Waals surface area contributed by atoms with Gasteiger partial charge in [-0.25, -0.2) is 19.3 Å². The van der Waals surface area contributed by atoms with E-state index < -0.39 is 5.82 Å². The number of pyridine rings is 1. The summed E-state index contributed by atoms with van der Waals surface area (Å²) in [5.41, 5.74) is 1.92. The van der Waals surface area contributed by atoms with Crippen LogP contribution in [-0.2, 0) is 13.6 Å². The fourth-order valence-corrected chi connectivity index (χ4v) is 4.08. The van der Waals surface area contributed by atoms with Crippen molar-refractivity contribution in [3.05, 3.63) is 42.4 Å². The first-order valence-electron chi connectivity index (χ1n) is 10.8. The first kappa shape index (κ1) is 21.7. The van der Waals surface area contributed by atoms with E-state index in [4.69, 9.17) is 9.47 Å². The Kier molecular flexibility index (Phi) is 5.56. The van der Waals surface area contributed by atoms with Gasteiger partial charge >= 0.3 is 0 Å². The van der Waals surface area contributed by atoms with Crippen molar-refractivity contribution in [1.82, 2.24) is 39.2 Å². The molecule has 1 fully saturated rings. The third-order valence-corrected chi connectivity index (χ3v) is 5.72. The van der Waals surface area contributed by atoms with Crippen LogP contribution in [0.1, 0.15) is 23.8 Å². The van der Waals surface area contributed by atoms with E-state index in [0.29, 0.717) is 60.2 Å². The van der Waals surface area contributed by atoms with Gasteiger partial charge in [-0.2, -0.15) is 10.1 Å². The smallest absolute Gasteiger partial charge is 0.274 e. The number of amides is 1. The van der Waals surface area contributed by atoms with Crippen LogP contribution in [0.2, 0.25) is 0 Å². The van der Waals surface area contributed by atoms with Crippen molar-refractivity contribution < 1.29 is 18.7 Å². The van der Waals surface area contributed by atoms with Crippen molar-refractivity contribution in [3.63, 3.8) is 0 Å². The zero-order valence-corrected chi connectivity index (χ0v) is 19.0. The van der Waals surface area contributed by atoms with Gasteiger partial charge in [-0.15, -0.1) is 0 Å². The number of rotatable bonds is 6. The number of carbonyl (C=O) groups is 1. The summed E-state index contributed by atoms with van der Waals surface area (Å²) < 4.78 is 28.8. The monoisotopic (exact) mass is 466 g/mol. The molecule has 4 aromatic rings. The molecule has 0 unspecified atom stereocenters. The topological polar surface area (TPSA) is 113 Å². The average molecular weight is 466 g/mol. The van der Waals surface area contributed by atoms with E-state index in [-0.39, 0.29) is 17.9 Å². The molecular weight excluding hydrogens is 443 g/mol. The molecule has 0 saturated carbocycles. The quantitative estimate of drug-likeness (QED) is 0.425. The molecule has 0 radical (unpaired) electrons. The molecule has 1 aliphatic heterocycles. The first-order valence-corrected chi connectivity index (χ1v) is 10.8. The summed E-state index contributed by atoms with van der Waals surface area (Å²) in [6, 6.07) is 3.02. The lowest BCUT2D eigenvalue weighted by atomic mass is 10.2. The summed E-state index contributed by atoms with van der Waals surface area (Å²) in [7, 11) is 3.13. The fourth-order valence-electron chi connectivity index (χ4n) is 4.08. The van der Waals surface area contributed by atoms with Gasteiger partial charge in [-0.3, -0.25) is 9.48 Å². The standard InChI is InChI=1S/C22H23FN8O3/c1-4-31-18(13-9-15(23)20(33-3)24-10-13)27-17-19(31)25-12-26-21(17)34-14-5-8-30(11-14)22(32)16-6-7-29(2)28-16/h6-7,9-10,12,14H,4-5,8,11H2,1-3H3/t14-/m0/s1. The normalized spacial score (nSPS) is 15.8. The van der Waals surface area contributed by atoms with Gasteiger partial charge in [0.25, 0.3) is 5.91 Å². The number of likely N-dealkylation sites (tertiary alicyclic amines) is 1. The first-order chi connectivity index (χ1) is 16.5. The van der Waals surface area contributed by atoms with E-state index >= 15 is 0 Å². The molecule has 0 N–H and O–H groups in total. The Hall–Kier alpha value is -4.09. The number of aromatic nitrogens is 7. The molecule has 5 heterocycles. The molecule has 12 heteroatoms. The number of hydrogen-bond acceptors (Lipinski definition) is 8. The van der Waals surface area contributed by atoms with Crippen molar-refractivity contribution in [2.75, 3.05) is 20.2 Å². The third kappa shape index (κ3) is 3.80. The Morgan fingerprint density at radius 2 is 2.12 bits per heavy atom. The van der Waals surface area contributed by atoms with Crippen molar-refractivity contribution in [2.45, 2.75) is 26.0 Å². The number of halogens is 1. The van der Waals surface area contributed by atoms with Gasteiger partial charge in [0.2, 0.25) is 11.8 Å². The zero-order valence-electron chi connectivity index (χ0n) is 19.0. The maximum absolute atomic E-state index is 14.3. The molecule has 1 aliphatic rings. The molecule has 176 valence electrons. The van der Waals surface area contributed by atoms with Gasteiger partial charge in [-0.05, 0) is 19.1 Å². The fraction of sp³-hybridized carbons (Fsp3) is 0.364. The van der Waals surface area contributed by atoms with E-state index in [1.807, 2.05) is 11.5 Å². The summed E-state index contributed by atoms with van der Waals surface area (Å²) >= 11 is 0. The van der Waals surface area contributed by atoms with Crippen LogP contribution in [0, 0.1) is 5.82 Å². The summed E-state index contributed by atoms with van der Waals surface area (Å²) in [6.45, 7) is 3.46. The lowest BCUT2D eigenvalue weighted by Crippen LogP contribution is -2.31. The maximum Gasteiger partial charge on any atom is 0.274 e. The summed E-state index contributed by atoms with van der Waals surface area (Å²) in [5.74, 6) is 0.0116.